The molecule has 0 aromatic carbocycles. The van der Waals surface area contributed by atoms with E-state index in [1.807, 2.05) is 5.01 Å². The van der Waals surface area contributed by atoms with Gasteiger partial charge in [-0.3, -0.25) is 5.84 Å². The lowest BCUT2D eigenvalue weighted by Crippen LogP contribution is -2.60. The summed E-state index contributed by atoms with van der Waals surface area (Å²) in [5, 5.41) is 1.92. The molecule has 2 rings (SSSR count). The second-order valence-corrected chi connectivity index (χ2v) is 3.89. The molecule has 0 amide bonds. The molecule has 0 unspecified atom stereocenters. The summed E-state index contributed by atoms with van der Waals surface area (Å²) in [4.78, 5) is 2.40. The monoisotopic (exact) mass is 141 g/mol. The summed E-state index contributed by atoms with van der Waals surface area (Å²) >= 11 is 0. The Morgan fingerprint density at radius 1 is 1.30 bits per heavy atom. The van der Waals surface area contributed by atoms with Crippen LogP contribution >= 0.6 is 0 Å². The van der Waals surface area contributed by atoms with Crippen LogP contribution in [0.15, 0.2) is 0 Å². The van der Waals surface area contributed by atoms with E-state index in [-0.39, 0.29) is 0 Å². The van der Waals surface area contributed by atoms with E-state index >= 15 is 0 Å². The fourth-order valence-corrected chi connectivity index (χ4v) is 2.23. The van der Waals surface area contributed by atoms with Crippen LogP contribution in [0.4, 0.5) is 0 Å². The number of likely N-dealkylation sites (tertiary alicyclic amines) is 1. The largest absolute Gasteiger partial charge is 0.306 e. The lowest BCUT2D eigenvalue weighted by atomic mass is 9.80. The first-order chi connectivity index (χ1) is 4.70. The van der Waals surface area contributed by atoms with Crippen molar-refractivity contribution in [1.82, 2.24) is 9.91 Å². The minimum Gasteiger partial charge on any atom is -0.306 e. The van der Waals surface area contributed by atoms with Gasteiger partial charge in [0.25, 0.3) is 0 Å². The molecule has 1 spiro atoms. The van der Waals surface area contributed by atoms with Crippen LogP contribution < -0.4 is 5.84 Å². The van der Waals surface area contributed by atoms with Gasteiger partial charge >= 0.3 is 0 Å². The maximum Gasteiger partial charge on any atom is 0.0211 e. The predicted molar refractivity (Wildman–Crippen MR) is 40.3 cm³/mol. The van der Waals surface area contributed by atoms with Crippen molar-refractivity contribution in [2.75, 3.05) is 33.2 Å². The van der Waals surface area contributed by atoms with Gasteiger partial charge in [0.2, 0.25) is 0 Å². The van der Waals surface area contributed by atoms with Gasteiger partial charge in [-0.05, 0) is 20.0 Å². The minimum atomic E-state index is 0.587. The van der Waals surface area contributed by atoms with Crippen molar-refractivity contribution >= 4 is 0 Å². The summed E-state index contributed by atoms with van der Waals surface area (Å²) in [5.41, 5.74) is 0.587. The molecular formula is C7H15N3. The van der Waals surface area contributed by atoms with Crippen LogP contribution in [-0.4, -0.2) is 43.1 Å². The molecule has 0 aromatic heterocycles. The number of hydrogen-bond acceptors (Lipinski definition) is 3. The molecule has 2 saturated heterocycles. The first kappa shape index (κ1) is 6.58. The molecule has 0 saturated carbocycles. The molecule has 2 aliphatic rings. The van der Waals surface area contributed by atoms with Crippen LogP contribution in [0.1, 0.15) is 6.42 Å². The van der Waals surface area contributed by atoms with Crippen LogP contribution in [-0.2, 0) is 0 Å². The third-order valence-corrected chi connectivity index (χ3v) is 2.71. The summed E-state index contributed by atoms with van der Waals surface area (Å²) in [6, 6.07) is 0. The minimum absolute atomic E-state index is 0.587. The Bertz CT molecular complexity index is 134. The highest BCUT2D eigenvalue weighted by Crippen LogP contribution is 2.36. The van der Waals surface area contributed by atoms with Crippen LogP contribution in [0.25, 0.3) is 0 Å². The molecule has 0 radical (unpaired) electrons. The highest BCUT2D eigenvalue weighted by molar-refractivity contribution is 4.98. The van der Waals surface area contributed by atoms with Crippen molar-refractivity contribution in [1.29, 1.82) is 0 Å². The number of hydrazine groups is 1. The van der Waals surface area contributed by atoms with Crippen molar-refractivity contribution in [3.05, 3.63) is 0 Å². The van der Waals surface area contributed by atoms with E-state index in [1.165, 1.54) is 19.5 Å². The lowest BCUT2D eigenvalue weighted by Gasteiger charge is -2.45. The quantitative estimate of drug-likeness (QED) is 0.461. The van der Waals surface area contributed by atoms with E-state index in [4.69, 9.17) is 5.84 Å². The van der Waals surface area contributed by atoms with E-state index in [0.29, 0.717) is 5.41 Å². The van der Waals surface area contributed by atoms with Crippen molar-refractivity contribution in [2.24, 2.45) is 11.3 Å². The average Bonchev–Trinajstić information content (AvgIpc) is 2.10. The van der Waals surface area contributed by atoms with Crippen LogP contribution in [0.2, 0.25) is 0 Å². The first-order valence-electron chi connectivity index (χ1n) is 3.88. The third-order valence-electron chi connectivity index (χ3n) is 2.71. The van der Waals surface area contributed by atoms with Gasteiger partial charge in [0.1, 0.15) is 0 Å². The molecule has 2 N–H and O–H groups in total. The molecule has 2 fully saturated rings. The zero-order valence-electron chi connectivity index (χ0n) is 6.51. The Kier molecular flexibility index (Phi) is 1.27. The second kappa shape index (κ2) is 1.94. The smallest absolute Gasteiger partial charge is 0.0211 e. The highest BCUT2D eigenvalue weighted by atomic mass is 15.5. The Morgan fingerprint density at radius 3 is 2.40 bits per heavy atom. The molecule has 0 aromatic rings. The SMILES string of the molecule is CN1CCC2(C1)CN(N)C2. The molecule has 0 aliphatic carbocycles. The van der Waals surface area contributed by atoms with E-state index in [1.54, 1.807) is 0 Å². The third kappa shape index (κ3) is 0.856. The van der Waals surface area contributed by atoms with Crippen molar-refractivity contribution in [3.63, 3.8) is 0 Å². The number of rotatable bonds is 0. The topological polar surface area (TPSA) is 32.5 Å². The predicted octanol–water partition coefficient (Wildman–Crippen LogP) is -0.502. The highest BCUT2D eigenvalue weighted by Gasteiger charge is 2.45. The van der Waals surface area contributed by atoms with E-state index < -0.39 is 0 Å². The first-order valence-corrected chi connectivity index (χ1v) is 3.88. The van der Waals surface area contributed by atoms with Crippen LogP contribution in [0.5, 0.6) is 0 Å². The molecular weight excluding hydrogens is 126 g/mol. The van der Waals surface area contributed by atoms with Crippen molar-refractivity contribution in [2.45, 2.75) is 6.42 Å². The summed E-state index contributed by atoms with van der Waals surface area (Å²) in [6.45, 7) is 4.73. The van der Waals surface area contributed by atoms with Crippen molar-refractivity contribution in [3.8, 4) is 0 Å². The summed E-state index contributed by atoms with van der Waals surface area (Å²) < 4.78 is 0. The maximum atomic E-state index is 5.59. The number of nitrogens with zero attached hydrogens (tertiary/aromatic N) is 2. The maximum absolute atomic E-state index is 5.59. The van der Waals surface area contributed by atoms with Gasteiger partial charge in [-0.25, -0.2) is 5.01 Å². The van der Waals surface area contributed by atoms with E-state index in [9.17, 15) is 0 Å². The normalized spacial score (nSPS) is 33.0. The van der Waals surface area contributed by atoms with Gasteiger partial charge < -0.3 is 4.90 Å². The standard InChI is InChI=1S/C7H15N3/c1-9-3-2-7(4-9)5-10(8)6-7/h2-6,8H2,1H3. The molecule has 58 valence electrons. The van der Waals surface area contributed by atoms with Gasteiger partial charge in [-0.15, -0.1) is 0 Å². The molecule has 0 bridgehead atoms. The van der Waals surface area contributed by atoms with Crippen LogP contribution in [0, 0.1) is 5.41 Å². The van der Waals surface area contributed by atoms with E-state index in [0.717, 1.165) is 13.1 Å². The van der Waals surface area contributed by atoms with Gasteiger partial charge in [0.15, 0.2) is 0 Å². The zero-order chi connectivity index (χ0) is 7.19. The van der Waals surface area contributed by atoms with Gasteiger partial charge in [-0.2, -0.15) is 0 Å². The van der Waals surface area contributed by atoms with Gasteiger partial charge in [0, 0.05) is 25.0 Å². The molecule has 3 nitrogen and oxygen atoms in total. The molecule has 2 heterocycles. The van der Waals surface area contributed by atoms with E-state index in [2.05, 4.69) is 11.9 Å². The fraction of sp³-hybridized carbons (Fsp3) is 1.00. The zero-order valence-corrected chi connectivity index (χ0v) is 6.51. The second-order valence-electron chi connectivity index (χ2n) is 3.89. The van der Waals surface area contributed by atoms with Gasteiger partial charge in [-0.1, -0.05) is 0 Å². The van der Waals surface area contributed by atoms with Gasteiger partial charge in [0.05, 0.1) is 0 Å². The number of nitrogens with two attached hydrogens (primary N) is 1. The molecule has 0 atom stereocenters. The fourth-order valence-electron chi connectivity index (χ4n) is 2.23. The lowest BCUT2D eigenvalue weighted by molar-refractivity contribution is 0.00981. The Labute approximate surface area is 61.7 Å². The molecule has 10 heavy (non-hydrogen) atoms. The summed E-state index contributed by atoms with van der Waals surface area (Å²) in [5.74, 6) is 5.59. The number of hydrogen-bond donors (Lipinski definition) is 1. The Hall–Kier alpha value is -0.120. The summed E-state index contributed by atoms with van der Waals surface area (Å²) in [6.07, 6.45) is 1.34. The average molecular weight is 141 g/mol. The summed E-state index contributed by atoms with van der Waals surface area (Å²) in [7, 11) is 2.19. The van der Waals surface area contributed by atoms with Crippen molar-refractivity contribution < 1.29 is 0 Å². The van der Waals surface area contributed by atoms with Crippen LogP contribution in [0.3, 0.4) is 0 Å². The molecule has 3 heteroatoms. The Balaban J connectivity index is 1.95. The Morgan fingerprint density at radius 2 is 2.00 bits per heavy atom. The molecule has 2 aliphatic heterocycles.